The van der Waals surface area contributed by atoms with Crippen LogP contribution < -0.4 is 5.32 Å². The highest BCUT2D eigenvalue weighted by atomic mass is 16.2. The Balaban J connectivity index is 1.29. The lowest BCUT2D eigenvalue weighted by Gasteiger charge is -2.32. The van der Waals surface area contributed by atoms with Crippen molar-refractivity contribution in [2.45, 2.75) is 57.9 Å². The molecule has 5 rings (SSSR count). The van der Waals surface area contributed by atoms with Gasteiger partial charge in [-0.25, -0.2) is 0 Å². The summed E-state index contributed by atoms with van der Waals surface area (Å²) in [4.78, 5) is 30.8. The van der Waals surface area contributed by atoms with E-state index in [1.807, 2.05) is 17.0 Å². The van der Waals surface area contributed by atoms with Crippen LogP contribution in [0.2, 0.25) is 0 Å². The van der Waals surface area contributed by atoms with E-state index in [2.05, 4.69) is 23.3 Å². The van der Waals surface area contributed by atoms with E-state index in [1.165, 1.54) is 23.1 Å². The van der Waals surface area contributed by atoms with Crippen LogP contribution in [-0.2, 0) is 17.6 Å². The van der Waals surface area contributed by atoms with Gasteiger partial charge in [0.15, 0.2) is 0 Å². The summed E-state index contributed by atoms with van der Waals surface area (Å²) in [6.45, 7) is 3.83. The van der Waals surface area contributed by atoms with Crippen LogP contribution in [0, 0.1) is 11.8 Å². The molecule has 0 radical (unpaired) electrons. The molecule has 28 heavy (non-hydrogen) atoms. The second kappa shape index (κ2) is 6.94. The molecular weight excluding hydrogens is 350 g/mol. The molecule has 0 bridgehead atoms. The summed E-state index contributed by atoms with van der Waals surface area (Å²) in [5.41, 5.74) is 4.44. The predicted molar refractivity (Wildman–Crippen MR) is 109 cm³/mol. The van der Waals surface area contributed by atoms with Crippen molar-refractivity contribution >= 4 is 22.7 Å². The van der Waals surface area contributed by atoms with Gasteiger partial charge >= 0.3 is 0 Å². The summed E-state index contributed by atoms with van der Waals surface area (Å²) < 4.78 is 0. The lowest BCUT2D eigenvalue weighted by Crippen LogP contribution is -2.47. The molecule has 5 nitrogen and oxygen atoms in total. The molecule has 1 aromatic heterocycles. The zero-order valence-corrected chi connectivity index (χ0v) is 16.6. The van der Waals surface area contributed by atoms with E-state index in [1.54, 1.807) is 0 Å². The number of nitrogens with one attached hydrogen (secondary N) is 2. The van der Waals surface area contributed by atoms with Gasteiger partial charge in [0.2, 0.25) is 5.91 Å². The standard InChI is InChI=1S/C23H29N3O2/c1-14-5-8-20-19(13-14)17-3-2-4-18(21(17)25-20)22(27)24-16-9-11-26(12-10-16)23(28)15-6-7-15/h2-4,14-16,25H,5-13H2,1H3,(H,24,27)/t14-/m0/s1. The summed E-state index contributed by atoms with van der Waals surface area (Å²) in [6, 6.07) is 6.22. The number of amides is 2. The van der Waals surface area contributed by atoms with E-state index < -0.39 is 0 Å². The van der Waals surface area contributed by atoms with Crippen molar-refractivity contribution in [1.29, 1.82) is 0 Å². The van der Waals surface area contributed by atoms with Crippen LogP contribution >= 0.6 is 0 Å². The Bertz CT molecular complexity index is 919. The third kappa shape index (κ3) is 3.21. The smallest absolute Gasteiger partial charge is 0.253 e. The van der Waals surface area contributed by atoms with Crippen molar-refractivity contribution in [3.05, 3.63) is 35.0 Å². The van der Waals surface area contributed by atoms with E-state index in [4.69, 9.17) is 0 Å². The van der Waals surface area contributed by atoms with Crippen molar-refractivity contribution in [3.63, 3.8) is 0 Å². The normalized spacial score (nSPS) is 22.9. The molecule has 2 heterocycles. The molecule has 1 atom stereocenters. The number of hydrogen-bond donors (Lipinski definition) is 2. The monoisotopic (exact) mass is 379 g/mol. The van der Waals surface area contributed by atoms with Gasteiger partial charge in [0.1, 0.15) is 0 Å². The zero-order valence-electron chi connectivity index (χ0n) is 16.6. The largest absolute Gasteiger partial charge is 0.358 e. The molecule has 1 aliphatic heterocycles. The molecule has 1 aromatic carbocycles. The Labute approximate surface area is 165 Å². The number of H-pyrrole nitrogens is 1. The van der Waals surface area contributed by atoms with Crippen molar-refractivity contribution in [2.75, 3.05) is 13.1 Å². The van der Waals surface area contributed by atoms with Gasteiger partial charge in [0.05, 0.1) is 11.1 Å². The second-order valence-electron chi connectivity index (χ2n) is 9.01. The number of aromatic amines is 1. The number of rotatable bonds is 3. The molecule has 1 saturated heterocycles. The number of carbonyl (C=O) groups is 2. The molecule has 148 valence electrons. The molecular formula is C23H29N3O2. The van der Waals surface area contributed by atoms with Crippen molar-refractivity contribution < 1.29 is 9.59 Å². The first kappa shape index (κ1) is 17.8. The number of nitrogens with zero attached hydrogens (tertiary/aromatic N) is 1. The summed E-state index contributed by atoms with van der Waals surface area (Å²) >= 11 is 0. The van der Waals surface area contributed by atoms with Gasteiger partial charge in [0.25, 0.3) is 5.91 Å². The van der Waals surface area contributed by atoms with Crippen molar-refractivity contribution in [1.82, 2.24) is 15.2 Å². The van der Waals surface area contributed by atoms with E-state index >= 15 is 0 Å². The number of hydrogen-bond acceptors (Lipinski definition) is 2. The lowest BCUT2D eigenvalue weighted by atomic mass is 9.87. The van der Waals surface area contributed by atoms with Gasteiger partial charge in [0, 0.05) is 36.1 Å². The van der Waals surface area contributed by atoms with Gasteiger partial charge in [-0.05, 0) is 62.5 Å². The third-order valence-corrected chi connectivity index (χ3v) is 6.78. The average Bonchev–Trinajstić information content (AvgIpc) is 3.49. The van der Waals surface area contributed by atoms with Gasteiger partial charge in [-0.2, -0.15) is 0 Å². The topological polar surface area (TPSA) is 65.2 Å². The fraction of sp³-hybridized carbons (Fsp3) is 0.565. The number of carbonyl (C=O) groups excluding carboxylic acids is 2. The molecule has 0 spiro atoms. The Kier molecular flexibility index (Phi) is 4.41. The lowest BCUT2D eigenvalue weighted by molar-refractivity contribution is -0.133. The highest BCUT2D eigenvalue weighted by Gasteiger charge is 2.35. The fourth-order valence-corrected chi connectivity index (χ4v) is 4.90. The van der Waals surface area contributed by atoms with Crippen LogP contribution in [0.25, 0.3) is 10.9 Å². The third-order valence-electron chi connectivity index (χ3n) is 6.78. The highest BCUT2D eigenvalue weighted by Crippen LogP contribution is 2.33. The molecule has 1 saturated carbocycles. The average molecular weight is 380 g/mol. The van der Waals surface area contributed by atoms with Gasteiger partial charge in [-0.15, -0.1) is 0 Å². The Morgan fingerprint density at radius 2 is 1.89 bits per heavy atom. The maximum absolute atomic E-state index is 13.0. The van der Waals surface area contributed by atoms with Gasteiger partial charge in [-0.1, -0.05) is 19.1 Å². The quantitative estimate of drug-likeness (QED) is 0.858. The summed E-state index contributed by atoms with van der Waals surface area (Å²) in [5, 5.41) is 4.43. The minimum Gasteiger partial charge on any atom is -0.358 e. The first-order chi connectivity index (χ1) is 13.6. The second-order valence-corrected chi connectivity index (χ2v) is 9.01. The number of fused-ring (bicyclic) bond motifs is 3. The summed E-state index contributed by atoms with van der Waals surface area (Å²) in [7, 11) is 0. The molecule has 0 unspecified atom stereocenters. The van der Waals surface area contributed by atoms with Crippen LogP contribution in [0.4, 0.5) is 0 Å². The van der Waals surface area contributed by atoms with Crippen LogP contribution in [0.3, 0.4) is 0 Å². The fourth-order valence-electron chi connectivity index (χ4n) is 4.90. The van der Waals surface area contributed by atoms with Gasteiger partial charge in [-0.3, -0.25) is 9.59 Å². The van der Waals surface area contributed by atoms with Crippen molar-refractivity contribution in [2.24, 2.45) is 11.8 Å². The van der Waals surface area contributed by atoms with Crippen LogP contribution in [0.5, 0.6) is 0 Å². The number of aryl methyl sites for hydroxylation is 1. The van der Waals surface area contributed by atoms with E-state index in [9.17, 15) is 9.59 Å². The Morgan fingerprint density at radius 1 is 1.11 bits per heavy atom. The van der Waals surface area contributed by atoms with Crippen LogP contribution in [0.1, 0.15) is 60.6 Å². The zero-order chi connectivity index (χ0) is 19.3. The molecule has 3 aliphatic rings. The van der Waals surface area contributed by atoms with Gasteiger partial charge < -0.3 is 15.2 Å². The minimum atomic E-state index is 0.00390. The predicted octanol–water partition coefficient (Wildman–Crippen LogP) is 3.42. The molecule has 2 amide bonds. The first-order valence-corrected chi connectivity index (χ1v) is 10.8. The Morgan fingerprint density at radius 3 is 2.64 bits per heavy atom. The van der Waals surface area contributed by atoms with Crippen LogP contribution in [0.15, 0.2) is 18.2 Å². The highest BCUT2D eigenvalue weighted by molar-refractivity contribution is 6.07. The molecule has 2 aliphatic carbocycles. The maximum atomic E-state index is 13.0. The van der Waals surface area contributed by atoms with Crippen molar-refractivity contribution in [3.8, 4) is 0 Å². The van der Waals surface area contributed by atoms with E-state index in [-0.39, 0.29) is 17.9 Å². The summed E-state index contributed by atoms with van der Waals surface area (Å²) in [6.07, 6.45) is 7.17. The number of piperidine rings is 1. The van der Waals surface area contributed by atoms with E-state index in [0.717, 1.165) is 62.7 Å². The number of aromatic nitrogens is 1. The number of para-hydroxylation sites is 1. The van der Waals surface area contributed by atoms with Crippen LogP contribution in [-0.4, -0.2) is 40.8 Å². The summed E-state index contributed by atoms with van der Waals surface area (Å²) in [5.74, 6) is 1.31. The maximum Gasteiger partial charge on any atom is 0.253 e. The molecule has 2 fully saturated rings. The molecule has 2 aromatic rings. The SMILES string of the molecule is C[C@H]1CCc2[nH]c3c(C(=O)NC4CCN(C(=O)C5CC5)CC4)cccc3c2C1. The molecule has 5 heteroatoms. The Hall–Kier alpha value is -2.30. The number of benzene rings is 1. The van der Waals surface area contributed by atoms with E-state index in [0.29, 0.717) is 11.8 Å². The minimum absolute atomic E-state index is 0.00390. The number of likely N-dealkylation sites (tertiary alicyclic amines) is 1. The first-order valence-electron chi connectivity index (χ1n) is 10.8. The molecule has 2 N–H and O–H groups in total.